The van der Waals surface area contributed by atoms with Crippen LogP contribution in [0.3, 0.4) is 0 Å². The molecule has 5 aromatic rings. The minimum atomic E-state index is -1.02. The second kappa shape index (κ2) is 14.1. The number of amides is 5. The van der Waals surface area contributed by atoms with Gasteiger partial charge in [-0.1, -0.05) is 12.1 Å². The van der Waals surface area contributed by atoms with E-state index in [1.165, 1.54) is 15.3 Å². The number of nitrogens with one attached hydrogen (secondary N) is 3. The number of alkyl halides is 1. The molecule has 0 radical (unpaired) electrons. The zero-order valence-electron chi connectivity index (χ0n) is 29.7. The number of hydrogen-bond acceptors (Lipinski definition) is 9. The lowest BCUT2D eigenvalue weighted by atomic mass is 10.0. The predicted octanol–water partition coefficient (Wildman–Crippen LogP) is 2.02. The summed E-state index contributed by atoms with van der Waals surface area (Å²) in [4.78, 5) is 69.1. The molecule has 2 aliphatic heterocycles. The van der Waals surface area contributed by atoms with Crippen LogP contribution in [-0.2, 0) is 23.1 Å². The highest BCUT2D eigenvalue weighted by atomic mass is 19.1. The van der Waals surface area contributed by atoms with Gasteiger partial charge in [0.05, 0.1) is 47.4 Å². The molecule has 0 bridgehead atoms. The normalized spacial score (nSPS) is 20.4. The first-order valence-electron chi connectivity index (χ1n) is 18.3. The Morgan fingerprint density at radius 2 is 1.85 bits per heavy atom. The van der Waals surface area contributed by atoms with E-state index in [1.807, 2.05) is 34.0 Å². The molecule has 282 valence electrons. The average molecular weight is 741 g/mol. The number of hydrogen-bond donors (Lipinski definition) is 4. The van der Waals surface area contributed by atoms with Crippen LogP contribution in [0.15, 0.2) is 47.8 Å². The predicted molar refractivity (Wildman–Crippen MR) is 194 cm³/mol. The van der Waals surface area contributed by atoms with Crippen LogP contribution in [0, 0.1) is 0 Å². The second-order valence-corrected chi connectivity index (χ2v) is 14.3. The number of anilines is 1. The Morgan fingerprint density at radius 1 is 1.06 bits per heavy atom. The number of para-hydroxylation sites is 1. The number of urea groups is 1. The standard InChI is InChI=1S/C36H41FN12O5/c1-45-31-20(6-4-7-26(31)48(36(45)54)27-8-9-29(50)44-33(27)51)5-2-3-12-39-35(53)46-13-10-22(11-14-46)47-19-21(16-41-47)23-17-42-49-28(18-40-32(49)30(23)38)34(52)43-25-15-24(25)37/h4,6-7,16-19,22,24-25,27H,2-3,5,8-15,38H2,1H3,(H,39,53)(H,43,52)(H,44,50,51)/t24-,25+,27?/m0/s1. The fourth-order valence-corrected chi connectivity index (χ4v) is 7.60. The molecule has 1 saturated carbocycles. The van der Waals surface area contributed by atoms with Crippen molar-refractivity contribution in [3.8, 4) is 11.1 Å². The molecule has 1 unspecified atom stereocenters. The van der Waals surface area contributed by atoms with Crippen LogP contribution >= 0.6 is 0 Å². The summed E-state index contributed by atoms with van der Waals surface area (Å²) in [7, 11) is 1.70. The van der Waals surface area contributed by atoms with E-state index >= 15 is 0 Å². The number of aromatic nitrogens is 7. The van der Waals surface area contributed by atoms with Gasteiger partial charge in [-0.25, -0.2) is 23.5 Å². The van der Waals surface area contributed by atoms with E-state index in [-0.39, 0.29) is 42.2 Å². The minimum Gasteiger partial charge on any atom is -0.395 e. The summed E-state index contributed by atoms with van der Waals surface area (Å²) >= 11 is 0. The van der Waals surface area contributed by atoms with Gasteiger partial charge in [-0.2, -0.15) is 10.2 Å². The highest BCUT2D eigenvalue weighted by Gasteiger charge is 2.39. The number of imidazole rings is 2. The number of halogens is 1. The lowest BCUT2D eigenvalue weighted by Crippen LogP contribution is -2.45. The zero-order chi connectivity index (χ0) is 37.7. The van der Waals surface area contributed by atoms with E-state index in [9.17, 15) is 28.4 Å². The van der Waals surface area contributed by atoms with Gasteiger partial charge in [0, 0.05) is 56.8 Å². The summed E-state index contributed by atoms with van der Waals surface area (Å²) in [5.41, 5.74) is 10.8. The Balaban J connectivity index is 0.818. The molecule has 2 saturated heterocycles. The Labute approximate surface area is 307 Å². The first kappa shape index (κ1) is 35.0. The molecule has 8 rings (SSSR count). The van der Waals surface area contributed by atoms with Gasteiger partial charge in [0.25, 0.3) is 5.91 Å². The largest absolute Gasteiger partial charge is 0.395 e. The van der Waals surface area contributed by atoms with Crippen molar-refractivity contribution in [1.82, 2.24) is 54.4 Å². The summed E-state index contributed by atoms with van der Waals surface area (Å²) in [6.07, 6.45) is 9.97. The van der Waals surface area contributed by atoms with Gasteiger partial charge in [0.1, 0.15) is 12.2 Å². The summed E-state index contributed by atoms with van der Waals surface area (Å²) < 4.78 is 19.6. The van der Waals surface area contributed by atoms with Crippen molar-refractivity contribution in [3.63, 3.8) is 0 Å². The van der Waals surface area contributed by atoms with Crippen molar-refractivity contribution in [3.05, 3.63) is 64.7 Å². The molecule has 6 heterocycles. The number of nitrogens with zero attached hydrogens (tertiary/aromatic N) is 8. The Kier molecular flexibility index (Phi) is 9.11. The lowest BCUT2D eigenvalue weighted by molar-refractivity contribution is -0.135. The second-order valence-electron chi connectivity index (χ2n) is 14.3. The van der Waals surface area contributed by atoms with Crippen molar-refractivity contribution < 1.29 is 23.6 Å². The molecule has 3 fully saturated rings. The minimum absolute atomic E-state index is 0.0905. The van der Waals surface area contributed by atoms with E-state index < -0.39 is 30.1 Å². The number of carbonyl (C=O) groups is 4. The molecule has 54 heavy (non-hydrogen) atoms. The maximum atomic E-state index is 13.3. The van der Waals surface area contributed by atoms with Crippen molar-refractivity contribution >= 4 is 46.1 Å². The van der Waals surface area contributed by atoms with Crippen LogP contribution in [0.5, 0.6) is 0 Å². The van der Waals surface area contributed by atoms with Crippen molar-refractivity contribution in [1.29, 1.82) is 0 Å². The van der Waals surface area contributed by atoms with Crippen LogP contribution in [0.2, 0.25) is 0 Å². The maximum Gasteiger partial charge on any atom is 0.329 e. The van der Waals surface area contributed by atoms with Crippen LogP contribution in [0.1, 0.15) is 73.1 Å². The number of imide groups is 1. The molecule has 17 nitrogen and oxygen atoms in total. The van der Waals surface area contributed by atoms with Gasteiger partial charge in [-0.15, -0.1) is 0 Å². The zero-order valence-corrected chi connectivity index (χ0v) is 29.7. The monoisotopic (exact) mass is 740 g/mol. The number of nitrogen functional groups attached to an aromatic ring is 1. The molecule has 4 aromatic heterocycles. The third-order valence-electron chi connectivity index (χ3n) is 10.7. The number of nitrogens with two attached hydrogens (primary N) is 1. The number of rotatable bonds is 10. The Morgan fingerprint density at radius 3 is 2.61 bits per heavy atom. The molecule has 5 amide bonds. The van der Waals surface area contributed by atoms with Gasteiger partial charge >= 0.3 is 11.7 Å². The van der Waals surface area contributed by atoms with Gasteiger partial charge < -0.3 is 21.3 Å². The van der Waals surface area contributed by atoms with E-state index in [0.717, 1.165) is 42.3 Å². The molecule has 0 spiro atoms. The molecule has 1 aromatic carbocycles. The molecular formula is C36H41FN12O5. The van der Waals surface area contributed by atoms with E-state index in [2.05, 4.69) is 31.1 Å². The smallest absolute Gasteiger partial charge is 0.329 e. The van der Waals surface area contributed by atoms with E-state index in [4.69, 9.17) is 5.73 Å². The first-order chi connectivity index (χ1) is 26.1. The van der Waals surface area contributed by atoms with Gasteiger partial charge in [0.15, 0.2) is 11.3 Å². The van der Waals surface area contributed by atoms with Gasteiger partial charge in [0.2, 0.25) is 11.8 Å². The van der Waals surface area contributed by atoms with Crippen LogP contribution in [-0.4, -0.2) is 94.0 Å². The van der Waals surface area contributed by atoms with Crippen LogP contribution in [0.4, 0.5) is 14.9 Å². The van der Waals surface area contributed by atoms with Gasteiger partial charge in [-0.05, 0) is 50.2 Å². The highest BCUT2D eigenvalue weighted by Crippen LogP contribution is 2.31. The molecule has 1 aliphatic carbocycles. The summed E-state index contributed by atoms with van der Waals surface area (Å²) in [5.74, 6) is -1.24. The van der Waals surface area contributed by atoms with Crippen molar-refractivity contribution in [2.24, 2.45) is 7.05 Å². The third-order valence-corrected chi connectivity index (χ3v) is 10.7. The number of unbranched alkanes of at least 4 members (excludes halogenated alkanes) is 1. The summed E-state index contributed by atoms with van der Waals surface area (Å²) in [6, 6.07) is 4.45. The number of fused-ring (bicyclic) bond motifs is 2. The van der Waals surface area contributed by atoms with Crippen molar-refractivity contribution in [2.75, 3.05) is 25.4 Å². The molecule has 3 atom stereocenters. The fourth-order valence-electron chi connectivity index (χ4n) is 7.60. The topological polar surface area (TPSA) is 209 Å². The average Bonchev–Trinajstić information content (AvgIpc) is 3.49. The number of benzene rings is 1. The molecule has 3 aliphatic rings. The van der Waals surface area contributed by atoms with Gasteiger partial charge in [-0.3, -0.25) is 33.5 Å². The van der Waals surface area contributed by atoms with Crippen molar-refractivity contribution in [2.45, 2.75) is 75.7 Å². The first-order valence-corrected chi connectivity index (χ1v) is 18.3. The lowest BCUT2D eigenvalue weighted by Gasteiger charge is -2.32. The number of likely N-dealkylation sites (tertiary alicyclic amines) is 1. The summed E-state index contributed by atoms with van der Waals surface area (Å²) in [5, 5.41) is 17.0. The summed E-state index contributed by atoms with van der Waals surface area (Å²) in [6.45, 7) is 1.66. The number of piperidine rings is 2. The maximum absolute atomic E-state index is 13.3. The Hall–Kier alpha value is -6.07. The Bertz CT molecular complexity index is 2350. The fraction of sp³-hybridized carbons (Fsp3) is 0.444. The van der Waals surface area contributed by atoms with E-state index in [1.54, 1.807) is 24.0 Å². The highest BCUT2D eigenvalue weighted by molar-refractivity contribution is 6.00. The SMILES string of the molecule is Cn1c(=O)n(C2CCC(=O)NC2=O)c2cccc(CCCCNC(=O)N3CCC(n4cc(-c5cnn6c(C(=O)N[C@@H]7C[C@@H]7F)cnc6c5N)cn4)CC3)c21. The molecular weight excluding hydrogens is 699 g/mol. The number of aryl methyl sites for hydroxylation is 2. The van der Waals surface area contributed by atoms with Crippen LogP contribution < -0.4 is 27.4 Å². The molecule has 5 N–H and O–H groups in total. The quantitative estimate of drug-likeness (QED) is 0.122. The molecule has 18 heteroatoms. The van der Waals surface area contributed by atoms with Crippen LogP contribution in [0.25, 0.3) is 27.8 Å². The van der Waals surface area contributed by atoms with E-state index in [0.29, 0.717) is 54.9 Å². The number of carbonyl (C=O) groups excluding carboxylic acids is 4. The third kappa shape index (κ3) is 6.45.